The van der Waals surface area contributed by atoms with Crippen LogP contribution in [0.1, 0.15) is 62.3 Å². The lowest BCUT2D eigenvalue weighted by Gasteiger charge is -2.30. The van der Waals surface area contributed by atoms with Gasteiger partial charge in [0, 0.05) is 45.3 Å². The number of allylic oxidation sites excluding steroid dienone is 2. The molecule has 0 radical (unpaired) electrons. The molecule has 0 bridgehead atoms. The number of carbonyl (C=O) groups excluding carboxylic acids is 3. The van der Waals surface area contributed by atoms with Gasteiger partial charge < -0.3 is 9.64 Å². The van der Waals surface area contributed by atoms with Crippen molar-refractivity contribution < 1.29 is 19.1 Å². The maximum atomic E-state index is 13.3. The summed E-state index contributed by atoms with van der Waals surface area (Å²) in [5, 5.41) is 0. The molecule has 2 aliphatic rings. The first-order chi connectivity index (χ1) is 14.2. The van der Waals surface area contributed by atoms with Crippen molar-refractivity contribution in [2.45, 2.75) is 53.9 Å². The monoisotopic (exact) mass is 407 g/mol. The number of ether oxygens (including phenoxy) is 1. The summed E-state index contributed by atoms with van der Waals surface area (Å²) in [5.41, 5.74) is 4.16. The van der Waals surface area contributed by atoms with E-state index in [4.69, 9.17) is 4.74 Å². The van der Waals surface area contributed by atoms with Crippen LogP contribution in [0.5, 0.6) is 0 Å². The first-order valence-electron chi connectivity index (χ1n) is 10.5. The fourth-order valence-electron chi connectivity index (χ4n) is 4.82. The van der Waals surface area contributed by atoms with E-state index in [1.54, 1.807) is 13.8 Å². The number of aryl methyl sites for hydroxylation is 2. The molecule has 5 heteroatoms. The number of carbonyl (C=O) groups is 3. The predicted octanol–water partition coefficient (Wildman–Crippen LogP) is 3.80. The highest BCUT2D eigenvalue weighted by Crippen LogP contribution is 2.41. The summed E-state index contributed by atoms with van der Waals surface area (Å²) in [5.74, 6) is 6.40. The van der Waals surface area contributed by atoms with Gasteiger partial charge in [-0.1, -0.05) is 5.92 Å². The van der Waals surface area contributed by atoms with Gasteiger partial charge in [-0.3, -0.25) is 14.4 Å². The zero-order valence-corrected chi connectivity index (χ0v) is 18.4. The molecule has 1 aromatic carbocycles. The van der Waals surface area contributed by atoms with E-state index in [-0.39, 0.29) is 23.5 Å². The number of amides is 1. The molecule has 158 valence electrons. The normalized spacial score (nSPS) is 21.4. The van der Waals surface area contributed by atoms with Crippen molar-refractivity contribution >= 4 is 23.2 Å². The number of hydrogen-bond donors (Lipinski definition) is 0. The Labute approximate surface area is 178 Å². The van der Waals surface area contributed by atoms with E-state index in [2.05, 4.69) is 11.8 Å². The summed E-state index contributed by atoms with van der Waals surface area (Å²) >= 11 is 0. The molecule has 1 amide bonds. The molecule has 1 fully saturated rings. The van der Waals surface area contributed by atoms with Gasteiger partial charge in [-0.25, -0.2) is 0 Å². The van der Waals surface area contributed by atoms with Crippen LogP contribution in [0.15, 0.2) is 17.9 Å². The quantitative estimate of drug-likeness (QED) is 0.565. The SMILES string of the molecule is CC#Cc1cc(C)c(C2=C(OC(C)=O)CC(C3CCN(C(C)=O)C3)CC2=O)c(C)c1. The minimum atomic E-state index is -0.420. The second-order valence-electron chi connectivity index (χ2n) is 8.36. The van der Waals surface area contributed by atoms with Gasteiger partial charge >= 0.3 is 5.97 Å². The van der Waals surface area contributed by atoms with Crippen LogP contribution in [-0.2, 0) is 19.1 Å². The molecule has 1 aliphatic carbocycles. The molecule has 1 aliphatic heterocycles. The molecule has 5 nitrogen and oxygen atoms in total. The molecule has 1 heterocycles. The summed E-state index contributed by atoms with van der Waals surface area (Å²) in [6.07, 6.45) is 1.82. The van der Waals surface area contributed by atoms with Gasteiger partial charge in [0.1, 0.15) is 5.76 Å². The van der Waals surface area contributed by atoms with Crippen molar-refractivity contribution in [2.75, 3.05) is 13.1 Å². The third-order valence-electron chi connectivity index (χ3n) is 6.11. The zero-order valence-electron chi connectivity index (χ0n) is 18.4. The Hall–Kier alpha value is -2.87. The van der Waals surface area contributed by atoms with E-state index in [1.165, 1.54) is 6.92 Å². The predicted molar refractivity (Wildman–Crippen MR) is 115 cm³/mol. The van der Waals surface area contributed by atoms with E-state index in [1.807, 2.05) is 30.9 Å². The first-order valence-corrected chi connectivity index (χ1v) is 10.5. The second-order valence-corrected chi connectivity index (χ2v) is 8.36. The van der Waals surface area contributed by atoms with Crippen LogP contribution in [0.4, 0.5) is 0 Å². The van der Waals surface area contributed by atoms with E-state index in [9.17, 15) is 14.4 Å². The lowest BCUT2D eigenvalue weighted by atomic mass is 9.76. The Bertz CT molecular complexity index is 969. The largest absolute Gasteiger partial charge is 0.430 e. The van der Waals surface area contributed by atoms with Gasteiger partial charge in [0.05, 0.1) is 5.57 Å². The number of hydrogen-bond acceptors (Lipinski definition) is 4. The van der Waals surface area contributed by atoms with Crippen LogP contribution in [0, 0.1) is 37.5 Å². The lowest BCUT2D eigenvalue weighted by Crippen LogP contribution is -2.30. The number of esters is 1. The van der Waals surface area contributed by atoms with E-state index < -0.39 is 5.97 Å². The molecular formula is C25H29NO4. The molecule has 0 spiro atoms. The minimum absolute atomic E-state index is 0.00398. The lowest BCUT2D eigenvalue weighted by molar-refractivity contribution is -0.137. The third-order valence-corrected chi connectivity index (χ3v) is 6.11. The summed E-state index contributed by atoms with van der Waals surface area (Å²) < 4.78 is 5.59. The average molecular weight is 408 g/mol. The van der Waals surface area contributed by atoms with Gasteiger partial charge in [0.2, 0.25) is 5.91 Å². The van der Waals surface area contributed by atoms with Crippen LogP contribution in [0.2, 0.25) is 0 Å². The van der Waals surface area contributed by atoms with Crippen molar-refractivity contribution in [3.63, 3.8) is 0 Å². The number of ketones is 1. The Kier molecular flexibility index (Phi) is 6.45. The first kappa shape index (κ1) is 21.8. The Morgan fingerprint density at radius 3 is 2.30 bits per heavy atom. The Morgan fingerprint density at radius 1 is 1.10 bits per heavy atom. The highest BCUT2D eigenvalue weighted by atomic mass is 16.5. The maximum Gasteiger partial charge on any atom is 0.307 e. The fourth-order valence-corrected chi connectivity index (χ4v) is 4.82. The molecule has 0 saturated carbocycles. The molecule has 1 saturated heterocycles. The topological polar surface area (TPSA) is 63.7 Å². The number of benzene rings is 1. The standard InChI is InChI=1S/C25H29NO4/c1-6-7-19-10-15(2)24(16(3)11-19)25-22(29)12-21(13-23(25)30-18(5)28)20-8-9-26(14-20)17(4)27/h10-11,20-21H,8-9,12-14H2,1-5H3. The molecular weight excluding hydrogens is 378 g/mol. The summed E-state index contributed by atoms with van der Waals surface area (Å²) in [6, 6.07) is 3.94. The number of Topliss-reactive ketones (excluding diaryl/α,β-unsaturated/α-hetero) is 1. The molecule has 0 N–H and O–H groups in total. The fraction of sp³-hybridized carbons (Fsp3) is 0.480. The zero-order chi connectivity index (χ0) is 22.0. The minimum Gasteiger partial charge on any atom is -0.430 e. The molecule has 1 aromatic rings. The van der Waals surface area contributed by atoms with E-state index >= 15 is 0 Å². The van der Waals surface area contributed by atoms with Gasteiger partial charge in [-0.15, -0.1) is 5.92 Å². The van der Waals surface area contributed by atoms with Crippen LogP contribution in [0.3, 0.4) is 0 Å². The third kappa shape index (κ3) is 4.48. The second kappa shape index (κ2) is 8.87. The van der Waals surface area contributed by atoms with Crippen molar-refractivity contribution in [2.24, 2.45) is 11.8 Å². The van der Waals surface area contributed by atoms with Crippen molar-refractivity contribution in [3.8, 4) is 11.8 Å². The van der Waals surface area contributed by atoms with Crippen molar-refractivity contribution in [1.82, 2.24) is 4.90 Å². The highest BCUT2D eigenvalue weighted by molar-refractivity contribution is 6.23. The number of likely N-dealkylation sites (tertiary alicyclic amines) is 1. The Balaban J connectivity index is 2.00. The van der Waals surface area contributed by atoms with Gasteiger partial charge in [-0.05, 0) is 67.9 Å². The molecule has 30 heavy (non-hydrogen) atoms. The van der Waals surface area contributed by atoms with Gasteiger partial charge in [-0.2, -0.15) is 0 Å². The smallest absolute Gasteiger partial charge is 0.307 e. The van der Waals surface area contributed by atoms with Crippen LogP contribution < -0.4 is 0 Å². The van der Waals surface area contributed by atoms with Crippen molar-refractivity contribution in [1.29, 1.82) is 0 Å². The van der Waals surface area contributed by atoms with Crippen LogP contribution in [0.25, 0.3) is 5.57 Å². The average Bonchev–Trinajstić information content (AvgIpc) is 3.13. The summed E-state index contributed by atoms with van der Waals surface area (Å²) in [4.78, 5) is 38.7. The van der Waals surface area contributed by atoms with Gasteiger partial charge in [0.15, 0.2) is 5.78 Å². The molecule has 2 atom stereocenters. The van der Waals surface area contributed by atoms with E-state index in [0.717, 1.165) is 35.2 Å². The highest BCUT2D eigenvalue weighted by Gasteiger charge is 2.38. The molecule has 3 rings (SSSR count). The molecule has 2 unspecified atom stereocenters. The molecule has 0 aromatic heterocycles. The summed E-state index contributed by atoms with van der Waals surface area (Å²) in [6.45, 7) is 10.0. The Morgan fingerprint density at radius 2 is 1.77 bits per heavy atom. The summed E-state index contributed by atoms with van der Waals surface area (Å²) in [7, 11) is 0. The number of rotatable bonds is 3. The number of nitrogens with zero attached hydrogens (tertiary/aromatic N) is 1. The van der Waals surface area contributed by atoms with Gasteiger partial charge in [0.25, 0.3) is 0 Å². The van der Waals surface area contributed by atoms with Crippen LogP contribution in [-0.4, -0.2) is 35.6 Å². The van der Waals surface area contributed by atoms with Crippen molar-refractivity contribution in [3.05, 3.63) is 40.1 Å². The van der Waals surface area contributed by atoms with E-state index in [0.29, 0.717) is 30.7 Å². The maximum absolute atomic E-state index is 13.3. The van der Waals surface area contributed by atoms with Crippen LogP contribution >= 0.6 is 0 Å².